The van der Waals surface area contributed by atoms with Gasteiger partial charge in [-0.3, -0.25) is 4.79 Å². The molecule has 0 aliphatic heterocycles. The van der Waals surface area contributed by atoms with Crippen LogP contribution in [-0.4, -0.2) is 17.7 Å². The van der Waals surface area contributed by atoms with Crippen molar-refractivity contribution in [2.24, 2.45) is 0 Å². The average molecular weight is 284 g/mol. The highest BCUT2D eigenvalue weighted by Gasteiger charge is 2.20. The highest BCUT2D eigenvalue weighted by atomic mass is 16.5. The molecule has 0 saturated carbocycles. The van der Waals surface area contributed by atoms with Gasteiger partial charge in [0.25, 0.3) is 0 Å². The fraction of sp³-hybridized carbons (Fsp3) is 0.278. The van der Waals surface area contributed by atoms with E-state index in [1.807, 2.05) is 61.5 Å². The van der Waals surface area contributed by atoms with Crippen LogP contribution in [-0.2, 0) is 4.79 Å². The molecule has 0 spiro atoms. The second-order valence-corrected chi connectivity index (χ2v) is 5.05. The van der Waals surface area contributed by atoms with Gasteiger partial charge in [-0.1, -0.05) is 42.5 Å². The predicted octanol–water partition coefficient (Wildman–Crippen LogP) is 4.02. The molecule has 0 aliphatic carbocycles. The zero-order valence-corrected chi connectivity index (χ0v) is 12.2. The first kappa shape index (κ1) is 15.1. The SMILES string of the molecule is Cc1ccccc1C(CCCOc1ccccc1)C(=O)O. The fourth-order valence-electron chi connectivity index (χ4n) is 2.38. The Bertz CT molecular complexity index is 578. The van der Waals surface area contributed by atoms with Crippen LogP contribution in [0.15, 0.2) is 54.6 Å². The van der Waals surface area contributed by atoms with Crippen LogP contribution in [0, 0.1) is 6.92 Å². The Morgan fingerprint density at radius 3 is 2.43 bits per heavy atom. The summed E-state index contributed by atoms with van der Waals surface area (Å²) in [7, 11) is 0. The van der Waals surface area contributed by atoms with Crippen molar-refractivity contribution < 1.29 is 14.6 Å². The molecule has 0 saturated heterocycles. The van der Waals surface area contributed by atoms with Gasteiger partial charge in [0.1, 0.15) is 5.75 Å². The van der Waals surface area contributed by atoms with Crippen LogP contribution in [0.2, 0.25) is 0 Å². The van der Waals surface area contributed by atoms with Gasteiger partial charge in [0.05, 0.1) is 12.5 Å². The van der Waals surface area contributed by atoms with Crippen molar-refractivity contribution in [3.8, 4) is 5.75 Å². The quantitative estimate of drug-likeness (QED) is 0.781. The maximum absolute atomic E-state index is 11.5. The largest absolute Gasteiger partial charge is 0.494 e. The van der Waals surface area contributed by atoms with Crippen LogP contribution in [0.4, 0.5) is 0 Å². The number of aryl methyl sites for hydroxylation is 1. The highest BCUT2D eigenvalue weighted by Crippen LogP contribution is 2.24. The molecule has 0 aliphatic rings. The maximum atomic E-state index is 11.5. The zero-order valence-electron chi connectivity index (χ0n) is 12.2. The van der Waals surface area contributed by atoms with Gasteiger partial charge in [-0.2, -0.15) is 0 Å². The molecule has 110 valence electrons. The Hall–Kier alpha value is -2.29. The van der Waals surface area contributed by atoms with Gasteiger partial charge in [-0.15, -0.1) is 0 Å². The third-order valence-corrected chi connectivity index (χ3v) is 3.51. The number of ether oxygens (including phenoxy) is 1. The number of benzene rings is 2. The standard InChI is InChI=1S/C18H20O3/c1-14-8-5-6-11-16(14)17(18(19)20)12-7-13-21-15-9-3-2-4-10-15/h2-6,8-11,17H,7,12-13H2,1H3,(H,19,20). The summed E-state index contributed by atoms with van der Waals surface area (Å²) in [6.45, 7) is 2.48. The summed E-state index contributed by atoms with van der Waals surface area (Å²) < 4.78 is 5.61. The number of para-hydroxylation sites is 1. The third kappa shape index (κ3) is 4.35. The Labute approximate surface area is 125 Å². The molecule has 0 fully saturated rings. The Morgan fingerprint density at radius 1 is 1.10 bits per heavy atom. The molecule has 3 heteroatoms. The van der Waals surface area contributed by atoms with E-state index in [9.17, 15) is 9.90 Å². The second kappa shape index (κ2) is 7.48. The smallest absolute Gasteiger partial charge is 0.310 e. The highest BCUT2D eigenvalue weighted by molar-refractivity contribution is 5.76. The van der Waals surface area contributed by atoms with Crippen LogP contribution >= 0.6 is 0 Å². The van der Waals surface area contributed by atoms with Crippen LogP contribution < -0.4 is 4.74 Å². The number of rotatable bonds is 7. The van der Waals surface area contributed by atoms with Gasteiger partial charge < -0.3 is 9.84 Å². The summed E-state index contributed by atoms with van der Waals surface area (Å²) in [6.07, 6.45) is 1.28. The van der Waals surface area contributed by atoms with Crippen molar-refractivity contribution in [3.63, 3.8) is 0 Å². The first-order valence-electron chi connectivity index (χ1n) is 7.14. The van der Waals surface area contributed by atoms with Crippen molar-refractivity contribution >= 4 is 5.97 Å². The van der Waals surface area contributed by atoms with E-state index in [4.69, 9.17) is 4.74 Å². The number of hydrogen-bond acceptors (Lipinski definition) is 2. The van der Waals surface area contributed by atoms with Gasteiger partial charge in [-0.05, 0) is 43.0 Å². The van der Waals surface area contributed by atoms with Crippen molar-refractivity contribution in [2.75, 3.05) is 6.61 Å². The van der Waals surface area contributed by atoms with Gasteiger partial charge in [-0.25, -0.2) is 0 Å². The number of carboxylic acid groups (broad SMARTS) is 1. The van der Waals surface area contributed by atoms with E-state index >= 15 is 0 Å². The Morgan fingerprint density at radius 2 is 1.76 bits per heavy atom. The van der Waals surface area contributed by atoms with E-state index < -0.39 is 11.9 Å². The zero-order chi connectivity index (χ0) is 15.1. The van der Waals surface area contributed by atoms with E-state index in [-0.39, 0.29) is 0 Å². The molecule has 0 bridgehead atoms. The maximum Gasteiger partial charge on any atom is 0.310 e. The third-order valence-electron chi connectivity index (χ3n) is 3.51. The van der Waals surface area contributed by atoms with Crippen molar-refractivity contribution in [1.29, 1.82) is 0 Å². The number of hydrogen-bond donors (Lipinski definition) is 1. The topological polar surface area (TPSA) is 46.5 Å². The predicted molar refractivity (Wildman–Crippen MR) is 82.7 cm³/mol. The number of carboxylic acids is 1. The molecular weight excluding hydrogens is 264 g/mol. The minimum atomic E-state index is -0.774. The van der Waals surface area contributed by atoms with Gasteiger partial charge in [0, 0.05) is 0 Å². The molecule has 0 amide bonds. The molecule has 1 unspecified atom stereocenters. The van der Waals surface area contributed by atoms with Gasteiger partial charge >= 0.3 is 5.97 Å². The lowest BCUT2D eigenvalue weighted by Gasteiger charge is -2.15. The van der Waals surface area contributed by atoms with Crippen molar-refractivity contribution in [1.82, 2.24) is 0 Å². The average Bonchev–Trinajstić information content (AvgIpc) is 2.49. The lowest BCUT2D eigenvalue weighted by Crippen LogP contribution is -2.14. The summed E-state index contributed by atoms with van der Waals surface area (Å²) in [5.41, 5.74) is 1.92. The van der Waals surface area contributed by atoms with Crippen LogP contribution in [0.3, 0.4) is 0 Å². The molecular formula is C18H20O3. The number of aliphatic carboxylic acids is 1. The lowest BCUT2D eigenvalue weighted by molar-refractivity contribution is -0.139. The summed E-state index contributed by atoms with van der Waals surface area (Å²) in [5, 5.41) is 9.43. The van der Waals surface area contributed by atoms with E-state index in [1.165, 1.54) is 0 Å². The summed E-state index contributed by atoms with van der Waals surface area (Å²) in [4.78, 5) is 11.5. The Kier molecular flexibility index (Phi) is 5.38. The molecule has 2 aromatic rings. The van der Waals surface area contributed by atoms with Crippen LogP contribution in [0.5, 0.6) is 5.75 Å². The molecule has 0 radical (unpaired) electrons. The van der Waals surface area contributed by atoms with Gasteiger partial charge in [0.15, 0.2) is 0 Å². The molecule has 0 heterocycles. The van der Waals surface area contributed by atoms with Crippen molar-refractivity contribution in [3.05, 3.63) is 65.7 Å². The van der Waals surface area contributed by atoms with E-state index in [1.54, 1.807) is 0 Å². The molecule has 1 atom stereocenters. The molecule has 0 aromatic heterocycles. The monoisotopic (exact) mass is 284 g/mol. The van der Waals surface area contributed by atoms with Gasteiger partial charge in [0.2, 0.25) is 0 Å². The molecule has 2 rings (SSSR count). The first-order chi connectivity index (χ1) is 10.2. The van der Waals surface area contributed by atoms with Crippen LogP contribution in [0.25, 0.3) is 0 Å². The fourth-order valence-corrected chi connectivity index (χ4v) is 2.38. The summed E-state index contributed by atoms with van der Waals surface area (Å²) >= 11 is 0. The normalized spacial score (nSPS) is 11.9. The number of carbonyl (C=O) groups is 1. The minimum Gasteiger partial charge on any atom is -0.494 e. The molecule has 3 nitrogen and oxygen atoms in total. The van der Waals surface area contributed by atoms with E-state index in [2.05, 4.69) is 0 Å². The van der Waals surface area contributed by atoms with E-state index in [0.717, 1.165) is 16.9 Å². The summed E-state index contributed by atoms with van der Waals surface area (Å²) in [5.74, 6) is -0.421. The first-order valence-corrected chi connectivity index (χ1v) is 7.14. The summed E-state index contributed by atoms with van der Waals surface area (Å²) in [6, 6.07) is 17.2. The van der Waals surface area contributed by atoms with Crippen molar-refractivity contribution in [2.45, 2.75) is 25.7 Å². The Balaban J connectivity index is 1.90. The van der Waals surface area contributed by atoms with E-state index in [0.29, 0.717) is 19.4 Å². The molecule has 1 N–H and O–H groups in total. The minimum absolute atomic E-state index is 0.467. The molecule has 2 aromatic carbocycles. The van der Waals surface area contributed by atoms with Crippen LogP contribution in [0.1, 0.15) is 29.9 Å². The molecule has 21 heavy (non-hydrogen) atoms. The second-order valence-electron chi connectivity index (χ2n) is 5.05. The lowest BCUT2D eigenvalue weighted by atomic mass is 9.91.